The quantitative estimate of drug-likeness (QED) is 0.838. The highest BCUT2D eigenvalue weighted by atomic mass is 16.3. The van der Waals surface area contributed by atoms with Gasteiger partial charge in [-0.3, -0.25) is 4.79 Å². The molecule has 1 amide bonds. The first-order valence-corrected chi connectivity index (χ1v) is 7.60. The molecule has 0 heterocycles. The van der Waals surface area contributed by atoms with E-state index in [-0.39, 0.29) is 17.9 Å². The van der Waals surface area contributed by atoms with Gasteiger partial charge in [-0.1, -0.05) is 38.1 Å². The second-order valence-corrected chi connectivity index (χ2v) is 6.09. The highest BCUT2D eigenvalue weighted by Crippen LogP contribution is 2.34. The zero-order valence-electron chi connectivity index (χ0n) is 12.4. The minimum Gasteiger partial charge on any atom is -0.393 e. The molecule has 1 aromatic rings. The molecule has 0 saturated heterocycles. The van der Waals surface area contributed by atoms with Gasteiger partial charge in [0.15, 0.2) is 0 Å². The molecule has 0 radical (unpaired) electrons. The van der Waals surface area contributed by atoms with Gasteiger partial charge in [0.2, 0.25) is 5.91 Å². The third-order valence-corrected chi connectivity index (χ3v) is 4.22. The summed E-state index contributed by atoms with van der Waals surface area (Å²) in [5.74, 6) is 0.706. The average Bonchev–Trinajstić information content (AvgIpc) is 2.82. The summed E-state index contributed by atoms with van der Waals surface area (Å²) in [5, 5.41) is 12.6. The number of benzene rings is 1. The van der Waals surface area contributed by atoms with Crippen molar-refractivity contribution in [2.45, 2.75) is 51.6 Å². The number of nitrogens with one attached hydrogen (secondary N) is 1. The third-order valence-electron chi connectivity index (χ3n) is 4.22. The Balaban J connectivity index is 1.76. The van der Waals surface area contributed by atoms with E-state index in [1.807, 2.05) is 19.9 Å². The van der Waals surface area contributed by atoms with E-state index < -0.39 is 0 Å². The van der Waals surface area contributed by atoms with Gasteiger partial charge in [-0.05, 0) is 42.2 Å². The van der Waals surface area contributed by atoms with E-state index in [1.54, 1.807) is 0 Å². The van der Waals surface area contributed by atoms with Gasteiger partial charge in [0.1, 0.15) is 0 Å². The van der Waals surface area contributed by atoms with Crippen LogP contribution in [0.2, 0.25) is 0 Å². The summed E-state index contributed by atoms with van der Waals surface area (Å²) in [5.41, 5.74) is 2.73. The first-order chi connectivity index (χ1) is 9.58. The van der Waals surface area contributed by atoms with Crippen molar-refractivity contribution in [2.75, 3.05) is 6.54 Å². The van der Waals surface area contributed by atoms with Crippen LogP contribution < -0.4 is 5.32 Å². The number of fused-ring (bicyclic) bond motifs is 1. The number of carbonyl (C=O) groups is 1. The smallest absolute Gasteiger partial charge is 0.220 e. The summed E-state index contributed by atoms with van der Waals surface area (Å²) in [4.78, 5) is 12.0. The summed E-state index contributed by atoms with van der Waals surface area (Å²) >= 11 is 0. The Hall–Kier alpha value is -1.35. The first kappa shape index (κ1) is 15.0. The van der Waals surface area contributed by atoms with Crippen LogP contribution in [0.25, 0.3) is 0 Å². The lowest BCUT2D eigenvalue weighted by Crippen LogP contribution is -2.29. The number of carbonyl (C=O) groups excluding carboxylic acids is 1. The van der Waals surface area contributed by atoms with Gasteiger partial charge in [0.05, 0.1) is 6.10 Å². The molecule has 1 aromatic carbocycles. The largest absolute Gasteiger partial charge is 0.393 e. The highest BCUT2D eigenvalue weighted by molar-refractivity contribution is 5.77. The zero-order chi connectivity index (χ0) is 14.5. The molecule has 110 valence electrons. The van der Waals surface area contributed by atoms with Gasteiger partial charge in [-0.25, -0.2) is 0 Å². The van der Waals surface area contributed by atoms with E-state index in [9.17, 15) is 9.90 Å². The van der Waals surface area contributed by atoms with Crippen molar-refractivity contribution in [3.63, 3.8) is 0 Å². The van der Waals surface area contributed by atoms with Crippen LogP contribution in [0.1, 0.15) is 50.2 Å². The van der Waals surface area contributed by atoms with Gasteiger partial charge in [-0.15, -0.1) is 0 Å². The van der Waals surface area contributed by atoms with Crippen molar-refractivity contribution in [1.82, 2.24) is 5.32 Å². The van der Waals surface area contributed by atoms with Crippen LogP contribution in [-0.4, -0.2) is 23.7 Å². The van der Waals surface area contributed by atoms with Crippen LogP contribution in [0.3, 0.4) is 0 Å². The van der Waals surface area contributed by atoms with E-state index in [4.69, 9.17) is 0 Å². The molecule has 2 unspecified atom stereocenters. The van der Waals surface area contributed by atoms with Crippen molar-refractivity contribution in [1.29, 1.82) is 0 Å². The number of aliphatic hydroxyl groups excluding tert-OH is 1. The standard InChI is InChI=1S/C17H25NO2/c1-12(2)16(19)9-10-18-17(20)11-14-8-7-13-5-3-4-6-15(13)14/h3-6,12,14,16,19H,7-11H2,1-2H3,(H,18,20). The summed E-state index contributed by atoms with van der Waals surface area (Å²) in [6.45, 7) is 4.54. The maximum Gasteiger partial charge on any atom is 0.220 e. The molecule has 0 fully saturated rings. The number of hydrogen-bond donors (Lipinski definition) is 2. The number of aryl methyl sites for hydroxylation is 1. The Bertz CT molecular complexity index is 456. The van der Waals surface area contributed by atoms with Gasteiger partial charge < -0.3 is 10.4 Å². The first-order valence-electron chi connectivity index (χ1n) is 7.60. The SMILES string of the molecule is CC(C)C(O)CCNC(=O)CC1CCc2ccccc21. The van der Waals surface area contributed by atoms with Crippen molar-refractivity contribution < 1.29 is 9.90 Å². The molecule has 1 aliphatic rings. The molecule has 0 saturated carbocycles. The van der Waals surface area contributed by atoms with Crippen LogP contribution >= 0.6 is 0 Å². The zero-order valence-corrected chi connectivity index (χ0v) is 12.4. The summed E-state index contributed by atoms with van der Waals surface area (Å²) in [6, 6.07) is 8.41. The van der Waals surface area contributed by atoms with Crippen molar-refractivity contribution in [3.8, 4) is 0 Å². The lowest BCUT2D eigenvalue weighted by atomic mass is 9.97. The molecule has 1 aliphatic carbocycles. The van der Waals surface area contributed by atoms with E-state index in [0.29, 0.717) is 25.3 Å². The van der Waals surface area contributed by atoms with Crippen molar-refractivity contribution in [2.24, 2.45) is 5.92 Å². The van der Waals surface area contributed by atoms with Crippen molar-refractivity contribution in [3.05, 3.63) is 35.4 Å². The second-order valence-electron chi connectivity index (χ2n) is 6.09. The number of aliphatic hydroxyl groups is 1. The second kappa shape index (κ2) is 6.89. The molecule has 3 heteroatoms. The Morgan fingerprint density at radius 3 is 2.90 bits per heavy atom. The lowest BCUT2D eigenvalue weighted by Gasteiger charge is -2.15. The molecule has 2 atom stereocenters. The van der Waals surface area contributed by atoms with Gasteiger partial charge in [0, 0.05) is 13.0 Å². The van der Waals surface area contributed by atoms with Gasteiger partial charge in [-0.2, -0.15) is 0 Å². The van der Waals surface area contributed by atoms with Crippen LogP contribution in [-0.2, 0) is 11.2 Å². The Labute approximate surface area is 121 Å². The van der Waals surface area contributed by atoms with E-state index in [2.05, 4.69) is 23.5 Å². The normalized spacial score (nSPS) is 18.9. The molecular weight excluding hydrogens is 250 g/mol. The maximum atomic E-state index is 12.0. The number of amides is 1. The average molecular weight is 275 g/mol. The minimum atomic E-state index is -0.331. The van der Waals surface area contributed by atoms with Crippen molar-refractivity contribution >= 4 is 5.91 Å². The van der Waals surface area contributed by atoms with Gasteiger partial charge in [0.25, 0.3) is 0 Å². The minimum absolute atomic E-state index is 0.0997. The number of hydrogen-bond acceptors (Lipinski definition) is 2. The van der Waals surface area contributed by atoms with E-state index in [0.717, 1.165) is 12.8 Å². The Morgan fingerprint density at radius 1 is 1.40 bits per heavy atom. The molecule has 3 nitrogen and oxygen atoms in total. The highest BCUT2D eigenvalue weighted by Gasteiger charge is 2.24. The molecule has 0 aliphatic heterocycles. The number of rotatable bonds is 6. The summed E-state index contributed by atoms with van der Waals surface area (Å²) in [6.07, 6.45) is 3.02. The summed E-state index contributed by atoms with van der Waals surface area (Å²) < 4.78 is 0. The Kier molecular flexibility index (Phi) is 5.18. The van der Waals surface area contributed by atoms with Crippen LogP contribution in [0.15, 0.2) is 24.3 Å². The topological polar surface area (TPSA) is 49.3 Å². The molecular formula is C17H25NO2. The lowest BCUT2D eigenvalue weighted by molar-refractivity contribution is -0.121. The monoisotopic (exact) mass is 275 g/mol. The molecule has 0 aromatic heterocycles. The fourth-order valence-corrected chi connectivity index (χ4v) is 2.85. The summed E-state index contributed by atoms with van der Waals surface area (Å²) in [7, 11) is 0. The molecule has 0 spiro atoms. The predicted molar refractivity (Wildman–Crippen MR) is 80.6 cm³/mol. The molecule has 2 N–H and O–H groups in total. The van der Waals surface area contributed by atoms with E-state index >= 15 is 0 Å². The maximum absolute atomic E-state index is 12.0. The van der Waals surface area contributed by atoms with Gasteiger partial charge >= 0.3 is 0 Å². The fraction of sp³-hybridized carbons (Fsp3) is 0.588. The fourth-order valence-electron chi connectivity index (χ4n) is 2.85. The van der Waals surface area contributed by atoms with Crippen LogP contribution in [0.4, 0.5) is 0 Å². The van der Waals surface area contributed by atoms with E-state index in [1.165, 1.54) is 11.1 Å². The third kappa shape index (κ3) is 3.83. The molecule has 20 heavy (non-hydrogen) atoms. The van der Waals surface area contributed by atoms with Crippen LogP contribution in [0.5, 0.6) is 0 Å². The Morgan fingerprint density at radius 2 is 2.15 bits per heavy atom. The molecule has 2 rings (SSSR count). The van der Waals surface area contributed by atoms with Crippen LogP contribution in [0, 0.1) is 5.92 Å². The molecule has 0 bridgehead atoms. The predicted octanol–water partition coefficient (Wildman–Crippen LogP) is 2.63.